The molecule has 0 bridgehead atoms. The molecule has 0 unspecified atom stereocenters. The Morgan fingerprint density at radius 2 is 2.27 bits per heavy atom. The number of hydrogen-bond donors (Lipinski definition) is 2. The Bertz CT molecular complexity index is 318. The molecule has 0 atom stereocenters. The van der Waals surface area contributed by atoms with Crippen LogP contribution in [0.5, 0.6) is 0 Å². The Morgan fingerprint density at radius 3 is 2.91 bits per heavy atom. The van der Waals surface area contributed by atoms with Gasteiger partial charge in [0.2, 0.25) is 6.41 Å². The SMILES string of the molecule is O=CNc1cccc(=O)n1O. The van der Waals surface area contributed by atoms with Gasteiger partial charge < -0.3 is 10.5 Å². The first-order valence-corrected chi connectivity index (χ1v) is 2.87. The number of hydrogen-bond acceptors (Lipinski definition) is 3. The number of nitrogens with one attached hydrogen (secondary N) is 1. The molecule has 0 aliphatic rings. The van der Waals surface area contributed by atoms with E-state index in [9.17, 15) is 9.59 Å². The minimum absolute atomic E-state index is 0.0486. The molecule has 0 aromatic carbocycles. The van der Waals surface area contributed by atoms with Gasteiger partial charge in [-0.2, -0.15) is 0 Å². The van der Waals surface area contributed by atoms with Crippen LogP contribution in [0, 0.1) is 0 Å². The first-order valence-electron chi connectivity index (χ1n) is 2.87. The quantitative estimate of drug-likeness (QED) is 0.452. The van der Waals surface area contributed by atoms with Crippen LogP contribution in [0.2, 0.25) is 0 Å². The molecular formula is C6H6N2O3. The lowest BCUT2D eigenvalue weighted by Gasteiger charge is -2.01. The fourth-order valence-corrected chi connectivity index (χ4v) is 0.651. The van der Waals surface area contributed by atoms with Gasteiger partial charge in [0.05, 0.1) is 0 Å². The van der Waals surface area contributed by atoms with Crippen molar-refractivity contribution >= 4 is 12.2 Å². The molecule has 1 aromatic rings. The molecule has 1 amide bonds. The van der Waals surface area contributed by atoms with E-state index in [-0.39, 0.29) is 5.82 Å². The molecule has 58 valence electrons. The normalized spacial score (nSPS) is 9.09. The number of amides is 1. The number of carbonyl (C=O) groups is 1. The second-order valence-corrected chi connectivity index (χ2v) is 1.82. The number of nitrogens with zero attached hydrogens (tertiary/aromatic N) is 1. The number of aromatic nitrogens is 1. The van der Waals surface area contributed by atoms with Crippen LogP contribution < -0.4 is 10.9 Å². The van der Waals surface area contributed by atoms with Crippen LogP contribution in [0.4, 0.5) is 5.82 Å². The second kappa shape index (κ2) is 2.87. The third-order valence-electron chi connectivity index (χ3n) is 1.14. The molecular weight excluding hydrogens is 148 g/mol. The minimum Gasteiger partial charge on any atom is -0.423 e. The monoisotopic (exact) mass is 154 g/mol. The van der Waals surface area contributed by atoms with E-state index in [4.69, 9.17) is 5.21 Å². The van der Waals surface area contributed by atoms with Gasteiger partial charge in [-0.05, 0) is 6.07 Å². The van der Waals surface area contributed by atoms with E-state index < -0.39 is 5.56 Å². The third kappa shape index (κ3) is 1.37. The first-order chi connectivity index (χ1) is 5.25. The molecule has 1 rings (SSSR count). The molecule has 0 aliphatic heterocycles. The number of anilines is 1. The molecule has 11 heavy (non-hydrogen) atoms. The highest BCUT2D eigenvalue weighted by Gasteiger charge is 1.97. The van der Waals surface area contributed by atoms with Crippen LogP contribution >= 0.6 is 0 Å². The third-order valence-corrected chi connectivity index (χ3v) is 1.14. The summed E-state index contributed by atoms with van der Waals surface area (Å²) in [5, 5.41) is 11.1. The van der Waals surface area contributed by atoms with Crippen molar-refractivity contribution < 1.29 is 10.0 Å². The van der Waals surface area contributed by atoms with E-state index >= 15 is 0 Å². The van der Waals surface area contributed by atoms with Crippen molar-refractivity contribution in [1.82, 2.24) is 4.73 Å². The van der Waals surface area contributed by atoms with Crippen molar-refractivity contribution in [1.29, 1.82) is 0 Å². The van der Waals surface area contributed by atoms with Gasteiger partial charge in [-0.25, -0.2) is 0 Å². The number of carbonyl (C=O) groups excluding carboxylic acids is 1. The summed E-state index contributed by atoms with van der Waals surface area (Å²) in [7, 11) is 0. The highest BCUT2D eigenvalue weighted by atomic mass is 16.5. The van der Waals surface area contributed by atoms with Gasteiger partial charge in [0, 0.05) is 6.07 Å². The van der Waals surface area contributed by atoms with Gasteiger partial charge >= 0.3 is 0 Å². The van der Waals surface area contributed by atoms with E-state index in [1.807, 2.05) is 0 Å². The van der Waals surface area contributed by atoms with Crippen molar-refractivity contribution in [2.75, 3.05) is 5.32 Å². The predicted octanol–water partition coefficient (Wildman–Crippen LogP) is -0.346. The van der Waals surface area contributed by atoms with Crippen LogP contribution in [0.1, 0.15) is 0 Å². The molecule has 0 spiro atoms. The van der Waals surface area contributed by atoms with Crippen molar-refractivity contribution in [2.24, 2.45) is 0 Å². The highest BCUT2D eigenvalue weighted by molar-refractivity contribution is 5.68. The molecule has 0 saturated carbocycles. The summed E-state index contributed by atoms with van der Waals surface area (Å²) >= 11 is 0. The zero-order valence-corrected chi connectivity index (χ0v) is 5.52. The summed E-state index contributed by atoms with van der Waals surface area (Å²) in [6.07, 6.45) is 0.376. The Kier molecular flexibility index (Phi) is 1.91. The first kappa shape index (κ1) is 7.33. The van der Waals surface area contributed by atoms with Crippen LogP contribution in [-0.4, -0.2) is 16.3 Å². The minimum atomic E-state index is -0.586. The zero-order valence-electron chi connectivity index (χ0n) is 5.52. The van der Waals surface area contributed by atoms with Gasteiger partial charge in [0.25, 0.3) is 5.56 Å². The Morgan fingerprint density at radius 1 is 1.55 bits per heavy atom. The van der Waals surface area contributed by atoms with E-state index in [0.29, 0.717) is 11.1 Å². The van der Waals surface area contributed by atoms with Crippen LogP contribution in [-0.2, 0) is 4.79 Å². The summed E-state index contributed by atoms with van der Waals surface area (Å²) in [6.45, 7) is 0. The lowest BCUT2D eigenvalue weighted by atomic mass is 10.4. The van der Waals surface area contributed by atoms with E-state index in [1.54, 1.807) is 0 Å². The van der Waals surface area contributed by atoms with Gasteiger partial charge in [0.1, 0.15) is 0 Å². The molecule has 1 aromatic heterocycles. The van der Waals surface area contributed by atoms with Gasteiger partial charge in [-0.15, -0.1) is 4.73 Å². The van der Waals surface area contributed by atoms with E-state index in [1.165, 1.54) is 18.2 Å². The molecule has 1 heterocycles. The maximum atomic E-state index is 10.7. The van der Waals surface area contributed by atoms with Crippen LogP contribution in [0.3, 0.4) is 0 Å². The Labute approximate surface area is 61.8 Å². The predicted molar refractivity (Wildman–Crippen MR) is 37.6 cm³/mol. The van der Waals surface area contributed by atoms with E-state index in [2.05, 4.69) is 5.32 Å². The fourth-order valence-electron chi connectivity index (χ4n) is 0.651. The maximum absolute atomic E-state index is 10.7. The summed E-state index contributed by atoms with van der Waals surface area (Å²) in [6, 6.07) is 4.01. The average molecular weight is 154 g/mol. The summed E-state index contributed by atoms with van der Waals surface area (Å²) in [4.78, 5) is 20.6. The van der Waals surface area contributed by atoms with Crippen molar-refractivity contribution in [2.45, 2.75) is 0 Å². The van der Waals surface area contributed by atoms with Crippen molar-refractivity contribution in [3.05, 3.63) is 28.6 Å². The molecule has 0 saturated heterocycles. The van der Waals surface area contributed by atoms with Gasteiger partial charge in [-0.3, -0.25) is 9.59 Å². The maximum Gasteiger partial charge on any atom is 0.284 e. The van der Waals surface area contributed by atoms with Crippen LogP contribution in [0.15, 0.2) is 23.0 Å². The zero-order chi connectivity index (χ0) is 8.27. The lowest BCUT2D eigenvalue weighted by Crippen LogP contribution is -2.19. The number of rotatable bonds is 2. The van der Waals surface area contributed by atoms with Crippen molar-refractivity contribution in [3.63, 3.8) is 0 Å². The molecule has 0 fully saturated rings. The standard InChI is InChI=1S/C6H6N2O3/c9-4-7-5-2-1-3-6(10)8(5)11/h1-4,11H,(H,7,9). The molecule has 5 heteroatoms. The highest BCUT2D eigenvalue weighted by Crippen LogP contribution is 1.97. The molecule has 0 aliphatic carbocycles. The fraction of sp³-hybridized carbons (Fsp3) is 0. The average Bonchev–Trinajstić information content (AvgIpc) is 1.99. The van der Waals surface area contributed by atoms with Gasteiger partial charge in [-0.1, -0.05) is 6.07 Å². The summed E-state index contributed by atoms with van der Waals surface area (Å²) in [5.41, 5.74) is -0.586. The lowest BCUT2D eigenvalue weighted by molar-refractivity contribution is -0.105. The summed E-state index contributed by atoms with van der Waals surface area (Å²) in [5.74, 6) is 0.0486. The Balaban J connectivity index is 3.16. The molecule has 5 nitrogen and oxygen atoms in total. The summed E-state index contributed by atoms with van der Waals surface area (Å²) < 4.78 is 0.356. The largest absolute Gasteiger partial charge is 0.423 e. The molecule has 0 radical (unpaired) electrons. The second-order valence-electron chi connectivity index (χ2n) is 1.82. The smallest absolute Gasteiger partial charge is 0.284 e. The van der Waals surface area contributed by atoms with E-state index in [0.717, 1.165) is 0 Å². The Hall–Kier alpha value is -1.78. The molecule has 2 N–H and O–H groups in total. The topological polar surface area (TPSA) is 71.3 Å². The van der Waals surface area contributed by atoms with Gasteiger partial charge in [0.15, 0.2) is 5.82 Å². The number of pyridine rings is 1. The van der Waals surface area contributed by atoms with Crippen molar-refractivity contribution in [3.8, 4) is 0 Å². The van der Waals surface area contributed by atoms with Crippen LogP contribution in [0.25, 0.3) is 0 Å².